The lowest BCUT2D eigenvalue weighted by atomic mass is 9.93. The largest absolute Gasteiger partial charge is 0.481 e. The van der Waals surface area contributed by atoms with Crippen LogP contribution in [-0.4, -0.2) is 22.8 Å². The van der Waals surface area contributed by atoms with Gasteiger partial charge in [-0.05, 0) is 6.42 Å². The van der Waals surface area contributed by atoms with E-state index in [1.165, 1.54) is 0 Å². The summed E-state index contributed by atoms with van der Waals surface area (Å²) in [4.78, 5) is 33.4. The van der Waals surface area contributed by atoms with E-state index in [1.54, 1.807) is 30.3 Å². The zero-order valence-electron chi connectivity index (χ0n) is 9.13. The van der Waals surface area contributed by atoms with Gasteiger partial charge in [-0.25, -0.2) is 0 Å². The molecule has 1 aromatic carbocycles. The Morgan fingerprint density at radius 3 is 2.24 bits per heavy atom. The second-order valence-corrected chi connectivity index (χ2v) is 3.63. The van der Waals surface area contributed by atoms with Crippen LogP contribution in [0.1, 0.15) is 23.2 Å². The first-order chi connectivity index (χ1) is 8.02. The number of aliphatic carboxylic acids is 1. The first kappa shape index (κ1) is 12.9. The number of amides is 1. The van der Waals surface area contributed by atoms with E-state index in [-0.39, 0.29) is 12.8 Å². The number of ketones is 1. The molecule has 1 rings (SSSR count). The van der Waals surface area contributed by atoms with Gasteiger partial charge in [0.15, 0.2) is 5.78 Å². The van der Waals surface area contributed by atoms with E-state index >= 15 is 0 Å². The van der Waals surface area contributed by atoms with E-state index in [0.29, 0.717) is 5.56 Å². The van der Waals surface area contributed by atoms with Crippen molar-refractivity contribution in [1.82, 2.24) is 0 Å². The Kier molecular flexibility index (Phi) is 4.39. The van der Waals surface area contributed by atoms with Crippen LogP contribution in [0.15, 0.2) is 30.3 Å². The third-order valence-corrected chi connectivity index (χ3v) is 2.35. The van der Waals surface area contributed by atoms with Gasteiger partial charge in [0.05, 0.1) is 0 Å². The van der Waals surface area contributed by atoms with Gasteiger partial charge >= 0.3 is 5.97 Å². The molecule has 0 bridgehead atoms. The molecule has 0 aliphatic carbocycles. The molecule has 5 heteroatoms. The molecule has 0 aliphatic rings. The molecule has 1 amide bonds. The van der Waals surface area contributed by atoms with Crippen molar-refractivity contribution in [3.63, 3.8) is 0 Å². The van der Waals surface area contributed by atoms with Crippen LogP contribution < -0.4 is 5.73 Å². The van der Waals surface area contributed by atoms with Crippen molar-refractivity contribution in [1.29, 1.82) is 0 Å². The lowest BCUT2D eigenvalue weighted by Crippen LogP contribution is -2.26. The second-order valence-electron chi connectivity index (χ2n) is 3.63. The maximum absolute atomic E-state index is 11.9. The fourth-order valence-electron chi connectivity index (χ4n) is 1.46. The summed E-state index contributed by atoms with van der Waals surface area (Å²) in [6.45, 7) is 0. The van der Waals surface area contributed by atoms with Crippen LogP contribution in [0, 0.1) is 5.92 Å². The quantitative estimate of drug-likeness (QED) is 0.563. The van der Waals surface area contributed by atoms with Gasteiger partial charge in [-0.1, -0.05) is 30.3 Å². The molecule has 0 saturated carbocycles. The van der Waals surface area contributed by atoms with Crippen molar-refractivity contribution in [3.8, 4) is 0 Å². The van der Waals surface area contributed by atoms with Crippen molar-refractivity contribution >= 4 is 17.7 Å². The van der Waals surface area contributed by atoms with Gasteiger partial charge in [0.1, 0.15) is 5.92 Å². The minimum Gasteiger partial charge on any atom is -0.481 e. The highest BCUT2D eigenvalue weighted by atomic mass is 16.4. The summed E-state index contributed by atoms with van der Waals surface area (Å²) in [5.74, 6) is -3.57. The highest BCUT2D eigenvalue weighted by Crippen LogP contribution is 2.14. The van der Waals surface area contributed by atoms with Crippen molar-refractivity contribution < 1.29 is 19.5 Å². The van der Waals surface area contributed by atoms with Gasteiger partial charge in [0.2, 0.25) is 5.91 Å². The van der Waals surface area contributed by atoms with Gasteiger partial charge in [0.25, 0.3) is 0 Å². The van der Waals surface area contributed by atoms with Crippen LogP contribution in [0.5, 0.6) is 0 Å². The SMILES string of the molecule is NC(=O)CCC(C(=O)O)C(=O)c1ccccc1. The minimum absolute atomic E-state index is 0.0710. The van der Waals surface area contributed by atoms with E-state index in [1.807, 2.05) is 0 Å². The van der Waals surface area contributed by atoms with Crippen LogP contribution in [0.4, 0.5) is 0 Å². The predicted molar refractivity (Wildman–Crippen MR) is 60.3 cm³/mol. The van der Waals surface area contributed by atoms with Gasteiger partial charge in [-0.15, -0.1) is 0 Å². The number of carboxylic acids is 1. The van der Waals surface area contributed by atoms with E-state index in [2.05, 4.69) is 0 Å². The van der Waals surface area contributed by atoms with Crippen LogP contribution in [0.2, 0.25) is 0 Å². The number of benzene rings is 1. The smallest absolute Gasteiger partial charge is 0.314 e. The summed E-state index contributed by atoms with van der Waals surface area (Å²) >= 11 is 0. The lowest BCUT2D eigenvalue weighted by Gasteiger charge is -2.09. The number of carbonyl (C=O) groups is 3. The normalized spacial score (nSPS) is 11.8. The number of nitrogens with two attached hydrogens (primary N) is 1. The fraction of sp³-hybridized carbons (Fsp3) is 0.250. The van der Waals surface area contributed by atoms with Crippen molar-refractivity contribution in [3.05, 3.63) is 35.9 Å². The maximum Gasteiger partial charge on any atom is 0.314 e. The number of carbonyl (C=O) groups excluding carboxylic acids is 2. The van der Waals surface area contributed by atoms with E-state index in [0.717, 1.165) is 0 Å². The molecule has 17 heavy (non-hydrogen) atoms. The molecule has 0 saturated heterocycles. The molecule has 1 unspecified atom stereocenters. The molecule has 0 radical (unpaired) electrons. The summed E-state index contributed by atoms with van der Waals surface area (Å²) in [6.07, 6.45) is -0.187. The second kappa shape index (κ2) is 5.79. The average Bonchev–Trinajstić information content (AvgIpc) is 2.29. The number of hydrogen-bond acceptors (Lipinski definition) is 3. The molecule has 0 fully saturated rings. The molecule has 1 aromatic rings. The van der Waals surface area contributed by atoms with E-state index < -0.39 is 23.6 Å². The predicted octanol–water partition coefficient (Wildman–Crippen LogP) is 0.836. The molecule has 0 spiro atoms. The maximum atomic E-state index is 11.9. The van der Waals surface area contributed by atoms with Crippen LogP contribution in [-0.2, 0) is 9.59 Å². The number of rotatable bonds is 6. The Morgan fingerprint density at radius 1 is 1.18 bits per heavy atom. The third-order valence-electron chi connectivity index (χ3n) is 2.35. The summed E-state index contributed by atoms with van der Waals surface area (Å²) < 4.78 is 0. The molecular weight excluding hydrogens is 222 g/mol. The summed E-state index contributed by atoms with van der Waals surface area (Å²) in [6, 6.07) is 8.13. The summed E-state index contributed by atoms with van der Waals surface area (Å²) in [7, 11) is 0. The Balaban J connectivity index is 2.81. The highest BCUT2D eigenvalue weighted by molar-refractivity contribution is 6.08. The Bertz CT molecular complexity index is 427. The van der Waals surface area contributed by atoms with Crippen LogP contribution in [0.25, 0.3) is 0 Å². The minimum atomic E-state index is -1.24. The Morgan fingerprint density at radius 2 is 1.76 bits per heavy atom. The summed E-state index contributed by atoms with van der Waals surface area (Å²) in [5, 5.41) is 8.94. The first-order valence-electron chi connectivity index (χ1n) is 5.12. The number of Topliss-reactive ketones (excluding diaryl/α,β-unsaturated/α-hetero) is 1. The Hall–Kier alpha value is -2.17. The fourth-order valence-corrected chi connectivity index (χ4v) is 1.46. The first-order valence-corrected chi connectivity index (χ1v) is 5.12. The molecule has 1 atom stereocenters. The van der Waals surface area contributed by atoms with Gasteiger partial charge in [-0.3, -0.25) is 14.4 Å². The van der Waals surface area contributed by atoms with Gasteiger partial charge in [0, 0.05) is 12.0 Å². The molecule has 5 nitrogen and oxygen atoms in total. The van der Waals surface area contributed by atoms with E-state index in [9.17, 15) is 14.4 Å². The molecule has 0 aromatic heterocycles. The number of primary amides is 1. The zero-order chi connectivity index (χ0) is 12.8. The van der Waals surface area contributed by atoms with Crippen LogP contribution in [0.3, 0.4) is 0 Å². The number of carboxylic acid groups (broad SMARTS) is 1. The molecular formula is C12H13NO4. The molecule has 3 N–H and O–H groups in total. The van der Waals surface area contributed by atoms with Crippen molar-refractivity contribution in [2.45, 2.75) is 12.8 Å². The zero-order valence-corrected chi connectivity index (χ0v) is 9.13. The standard InChI is InChI=1S/C12H13NO4/c13-10(14)7-6-9(12(16)17)11(15)8-4-2-1-3-5-8/h1-5,9H,6-7H2,(H2,13,14)(H,16,17). The van der Waals surface area contributed by atoms with Crippen molar-refractivity contribution in [2.24, 2.45) is 11.7 Å². The van der Waals surface area contributed by atoms with Crippen molar-refractivity contribution in [2.75, 3.05) is 0 Å². The average molecular weight is 235 g/mol. The topological polar surface area (TPSA) is 97.5 Å². The third kappa shape index (κ3) is 3.71. The van der Waals surface area contributed by atoms with Crippen LogP contribution >= 0.6 is 0 Å². The van der Waals surface area contributed by atoms with Gasteiger partial charge < -0.3 is 10.8 Å². The van der Waals surface area contributed by atoms with E-state index in [4.69, 9.17) is 10.8 Å². The molecule has 0 heterocycles. The lowest BCUT2D eigenvalue weighted by molar-refractivity contribution is -0.140. The Labute approximate surface area is 98.2 Å². The number of hydrogen-bond donors (Lipinski definition) is 2. The highest BCUT2D eigenvalue weighted by Gasteiger charge is 2.27. The van der Waals surface area contributed by atoms with Gasteiger partial charge in [-0.2, -0.15) is 0 Å². The monoisotopic (exact) mass is 235 g/mol. The summed E-state index contributed by atoms with van der Waals surface area (Å²) in [5.41, 5.74) is 5.26. The molecule has 90 valence electrons. The molecule has 0 aliphatic heterocycles.